The molecule has 1 aromatic rings. The summed E-state index contributed by atoms with van der Waals surface area (Å²) in [6, 6.07) is 5.94. The Morgan fingerprint density at radius 2 is 2.00 bits per heavy atom. The summed E-state index contributed by atoms with van der Waals surface area (Å²) in [6.45, 7) is 5.39. The van der Waals surface area contributed by atoms with Gasteiger partial charge in [-0.3, -0.25) is 4.90 Å². The van der Waals surface area contributed by atoms with E-state index in [0.29, 0.717) is 0 Å². The van der Waals surface area contributed by atoms with Crippen LogP contribution in [0.2, 0.25) is 0 Å². The first kappa shape index (κ1) is 14.7. The smallest absolute Gasteiger partial charge is 0.172 e. The van der Waals surface area contributed by atoms with Gasteiger partial charge in [-0.15, -0.1) is 0 Å². The van der Waals surface area contributed by atoms with Crippen molar-refractivity contribution in [2.45, 2.75) is 12.8 Å². The Labute approximate surface area is 133 Å². The Morgan fingerprint density at radius 3 is 2.62 bits per heavy atom. The van der Waals surface area contributed by atoms with E-state index >= 15 is 0 Å². The highest BCUT2D eigenvalue weighted by Gasteiger charge is 2.27. The molecule has 1 saturated carbocycles. The molecule has 5 nitrogen and oxygen atoms in total. The molecule has 1 aliphatic heterocycles. The molecule has 1 aromatic carbocycles. The quantitative estimate of drug-likeness (QED) is 0.377. The minimum absolute atomic E-state index is 0.159. The molecule has 0 atom stereocenters. The Balaban J connectivity index is 1.72. The van der Waals surface area contributed by atoms with E-state index in [2.05, 4.69) is 30.9 Å². The number of oxime groups is 1. The predicted octanol–water partition coefficient (Wildman–Crippen LogP) is 2.08. The van der Waals surface area contributed by atoms with Crippen LogP contribution in [0.3, 0.4) is 0 Å². The van der Waals surface area contributed by atoms with Crippen molar-refractivity contribution in [1.82, 2.24) is 4.90 Å². The fourth-order valence-electron chi connectivity index (χ4n) is 2.88. The van der Waals surface area contributed by atoms with Crippen LogP contribution < -0.4 is 10.6 Å². The van der Waals surface area contributed by atoms with Gasteiger partial charge in [-0.05, 0) is 37.0 Å². The molecule has 2 aliphatic rings. The number of piperazine rings is 1. The average Bonchev–Trinajstić information content (AvgIpc) is 3.31. The van der Waals surface area contributed by atoms with Gasteiger partial charge in [0.1, 0.15) is 0 Å². The second-order valence-electron chi connectivity index (χ2n) is 5.88. The van der Waals surface area contributed by atoms with Crippen LogP contribution in [0.1, 0.15) is 18.4 Å². The third-order valence-electron chi connectivity index (χ3n) is 4.27. The van der Waals surface area contributed by atoms with Crippen molar-refractivity contribution in [1.29, 1.82) is 0 Å². The van der Waals surface area contributed by atoms with E-state index in [0.717, 1.165) is 47.8 Å². The fraction of sp³-hybridized carbons (Fsp3) is 0.533. The van der Waals surface area contributed by atoms with Gasteiger partial charge in [0.05, 0.1) is 0 Å². The number of nitrogens with zero attached hydrogens (tertiary/aromatic N) is 3. The van der Waals surface area contributed by atoms with Gasteiger partial charge in [-0.2, -0.15) is 0 Å². The van der Waals surface area contributed by atoms with Crippen molar-refractivity contribution in [3.8, 4) is 0 Å². The lowest BCUT2D eigenvalue weighted by Gasteiger charge is -2.37. The number of benzene rings is 1. The SMILES string of the molecule is N/C(=N/O)c1cc(Br)ccc1N1CCN(CC2CC2)CC1. The number of nitrogens with two attached hydrogens (primary N) is 1. The van der Waals surface area contributed by atoms with Crippen molar-refractivity contribution in [3.63, 3.8) is 0 Å². The summed E-state index contributed by atoms with van der Waals surface area (Å²) in [5.74, 6) is 1.10. The molecule has 21 heavy (non-hydrogen) atoms. The van der Waals surface area contributed by atoms with Crippen LogP contribution in [-0.2, 0) is 0 Å². The number of halogens is 1. The van der Waals surface area contributed by atoms with Gasteiger partial charge in [-0.25, -0.2) is 0 Å². The summed E-state index contributed by atoms with van der Waals surface area (Å²) in [5, 5.41) is 12.1. The Kier molecular flexibility index (Phi) is 4.35. The normalized spacial score (nSPS) is 20.8. The van der Waals surface area contributed by atoms with E-state index in [4.69, 9.17) is 10.9 Å². The zero-order chi connectivity index (χ0) is 14.8. The summed E-state index contributed by atoms with van der Waals surface area (Å²) in [6.07, 6.45) is 2.81. The van der Waals surface area contributed by atoms with Gasteiger partial charge in [0.25, 0.3) is 0 Å². The highest BCUT2D eigenvalue weighted by Crippen LogP contribution is 2.31. The third-order valence-corrected chi connectivity index (χ3v) is 4.76. The van der Waals surface area contributed by atoms with Gasteiger partial charge in [-0.1, -0.05) is 21.1 Å². The number of anilines is 1. The first-order chi connectivity index (χ1) is 10.2. The fourth-order valence-corrected chi connectivity index (χ4v) is 3.24. The Morgan fingerprint density at radius 1 is 1.29 bits per heavy atom. The van der Waals surface area contributed by atoms with Crippen LogP contribution in [-0.4, -0.2) is 48.7 Å². The highest BCUT2D eigenvalue weighted by molar-refractivity contribution is 9.10. The van der Waals surface area contributed by atoms with Crippen LogP contribution >= 0.6 is 15.9 Å². The maximum atomic E-state index is 8.97. The van der Waals surface area contributed by atoms with Gasteiger partial charge in [0.2, 0.25) is 0 Å². The molecule has 0 unspecified atom stereocenters. The molecule has 114 valence electrons. The zero-order valence-corrected chi connectivity index (χ0v) is 13.6. The van der Waals surface area contributed by atoms with Gasteiger partial charge < -0.3 is 15.8 Å². The van der Waals surface area contributed by atoms with Crippen molar-refractivity contribution >= 4 is 27.5 Å². The van der Waals surface area contributed by atoms with Crippen molar-refractivity contribution in [2.75, 3.05) is 37.6 Å². The Hall–Kier alpha value is -1.27. The average molecular weight is 353 g/mol. The van der Waals surface area contributed by atoms with E-state index in [9.17, 15) is 0 Å². The molecular formula is C15H21BrN4O. The molecule has 3 rings (SSSR count). The van der Waals surface area contributed by atoms with Crippen LogP contribution in [0.25, 0.3) is 0 Å². The second-order valence-corrected chi connectivity index (χ2v) is 6.79. The lowest BCUT2D eigenvalue weighted by Crippen LogP contribution is -2.47. The largest absolute Gasteiger partial charge is 0.409 e. The third kappa shape index (κ3) is 3.49. The molecule has 0 spiro atoms. The maximum Gasteiger partial charge on any atom is 0.172 e. The molecule has 0 bridgehead atoms. The van der Waals surface area contributed by atoms with E-state index in [1.54, 1.807) is 0 Å². The zero-order valence-electron chi connectivity index (χ0n) is 12.0. The van der Waals surface area contributed by atoms with E-state index in [1.165, 1.54) is 19.4 Å². The minimum atomic E-state index is 0.159. The number of amidine groups is 1. The van der Waals surface area contributed by atoms with Gasteiger partial charge in [0.15, 0.2) is 5.84 Å². The van der Waals surface area contributed by atoms with Crippen molar-refractivity contribution < 1.29 is 5.21 Å². The molecule has 6 heteroatoms. The molecular weight excluding hydrogens is 332 g/mol. The molecule has 2 fully saturated rings. The summed E-state index contributed by atoms with van der Waals surface area (Å²) in [4.78, 5) is 4.87. The first-order valence-corrected chi connectivity index (χ1v) is 8.21. The summed E-state index contributed by atoms with van der Waals surface area (Å²) >= 11 is 3.44. The molecule has 0 amide bonds. The van der Waals surface area contributed by atoms with Gasteiger partial charge in [0, 0.05) is 48.4 Å². The molecule has 1 saturated heterocycles. The topological polar surface area (TPSA) is 65.1 Å². The lowest BCUT2D eigenvalue weighted by molar-refractivity contribution is 0.248. The number of hydrogen-bond donors (Lipinski definition) is 2. The van der Waals surface area contributed by atoms with Crippen LogP contribution in [0.4, 0.5) is 5.69 Å². The minimum Gasteiger partial charge on any atom is -0.409 e. The van der Waals surface area contributed by atoms with E-state index in [1.807, 2.05) is 18.2 Å². The first-order valence-electron chi connectivity index (χ1n) is 7.42. The Bertz CT molecular complexity index is 536. The van der Waals surface area contributed by atoms with E-state index in [-0.39, 0.29) is 5.84 Å². The predicted molar refractivity (Wildman–Crippen MR) is 88.0 cm³/mol. The number of rotatable bonds is 4. The molecule has 0 radical (unpaired) electrons. The van der Waals surface area contributed by atoms with Crippen LogP contribution in [0, 0.1) is 5.92 Å². The molecule has 1 heterocycles. The van der Waals surface area contributed by atoms with Crippen LogP contribution in [0.5, 0.6) is 0 Å². The molecule has 0 aromatic heterocycles. The summed E-state index contributed by atoms with van der Waals surface area (Å²) < 4.78 is 0.931. The summed E-state index contributed by atoms with van der Waals surface area (Å²) in [5.41, 5.74) is 7.64. The standard InChI is InChI=1S/C15H21BrN4O/c16-12-3-4-14(13(9-12)15(17)18-21)20-7-5-19(6-8-20)10-11-1-2-11/h3-4,9,11,21H,1-2,5-8,10H2,(H2,17,18). The monoisotopic (exact) mass is 352 g/mol. The van der Waals surface area contributed by atoms with Crippen LogP contribution in [0.15, 0.2) is 27.8 Å². The summed E-state index contributed by atoms with van der Waals surface area (Å²) in [7, 11) is 0. The van der Waals surface area contributed by atoms with Gasteiger partial charge >= 0.3 is 0 Å². The van der Waals surface area contributed by atoms with E-state index < -0.39 is 0 Å². The molecule has 3 N–H and O–H groups in total. The maximum absolute atomic E-state index is 8.97. The highest BCUT2D eigenvalue weighted by atomic mass is 79.9. The lowest BCUT2D eigenvalue weighted by atomic mass is 10.1. The van der Waals surface area contributed by atoms with Crippen molar-refractivity contribution in [2.24, 2.45) is 16.8 Å². The van der Waals surface area contributed by atoms with Crippen molar-refractivity contribution in [3.05, 3.63) is 28.2 Å². The number of hydrogen-bond acceptors (Lipinski definition) is 4. The molecule has 1 aliphatic carbocycles. The second kappa shape index (κ2) is 6.23.